The first-order chi connectivity index (χ1) is 15.0. The molecular weight excluding hydrogens is 410 g/mol. The SMILES string of the molecule is Cc1nc(C(=O)NNC(=O)[C@@H](NC(=O)OC(C)(C)C)C(C)C)cc2c1[nH]c1ccccc12. The molecule has 32 heavy (non-hydrogen) atoms. The van der Waals surface area contributed by atoms with Crippen molar-refractivity contribution in [3.8, 4) is 0 Å². The monoisotopic (exact) mass is 439 g/mol. The zero-order chi connectivity index (χ0) is 23.6. The van der Waals surface area contributed by atoms with E-state index < -0.39 is 29.6 Å². The quantitative estimate of drug-likeness (QED) is 0.464. The highest BCUT2D eigenvalue weighted by Crippen LogP contribution is 2.27. The van der Waals surface area contributed by atoms with Gasteiger partial charge in [-0.3, -0.25) is 20.4 Å². The van der Waals surface area contributed by atoms with Crippen molar-refractivity contribution < 1.29 is 19.1 Å². The van der Waals surface area contributed by atoms with E-state index >= 15 is 0 Å². The minimum Gasteiger partial charge on any atom is -0.444 e. The largest absolute Gasteiger partial charge is 0.444 e. The topological polar surface area (TPSA) is 125 Å². The maximum absolute atomic E-state index is 12.7. The van der Waals surface area contributed by atoms with Crippen molar-refractivity contribution in [2.45, 2.75) is 53.2 Å². The molecule has 1 atom stereocenters. The van der Waals surface area contributed by atoms with Crippen LogP contribution in [0.2, 0.25) is 0 Å². The highest BCUT2D eigenvalue weighted by Gasteiger charge is 2.27. The molecule has 0 bridgehead atoms. The van der Waals surface area contributed by atoms with E-state index in [2.05, 4.69) is 26.1 Å². The number of carbonyl (C=O) groups is 3. The minimum atomic E-state index is -0.893. The fraction of sp³-hybridized carbons (Fsp3) is 0.391. The van der Waals surface area contributed by atoms with Crippen LogP contribution in [0.4, 0.5) is 4.79 Å². The first kappa shape index (κ1) is 23.1. The van der Waals surface area contributed by atoms with Gasteiger partial charge in [0, 0.05) is 16.3 Å². The van der Waals surface area contributed by atoms with Crippen molar-refractivity contribution in [3.63, 3.8) is 0 Å². The van der Waals surface area contributed by atoms with Crippen LogP contribution in [0.15, 0.2) is 30.3 Å². The number of aromatic amines is 1. The third-order valence-electron chi connectivity index (χ3n) is 4.83. The Bertz CT molecular complexity index is 1180. The van der Waals surface area contributed by atoms with E-state index in [1.807, 2.05) is 31.2 Å². The molecule has 0 saturated heterocycles. The molecule has 2 aromatic heterocycles. The fourth-order valence-corrected chi connectivity index (χ4v) is 3.35. The lowest BCUT2D eigenvalue weighted by molar-refractivity contribution is -0.125. The third kappa shape index (κ3) is 5.16. The van der Waals surface area contributed by atoms with Crippen molar-refractivity contribution in [1.29, 1.82) is 0 Å². The third-order valence-corrected chi connectivity index (χ3v) is 4.83. The number of nitrogens with zero attached hydrogens (tertiary/aromatic N) is 1. The van der Waals surface area contributed by atoms with E-state index in [9.17, 15) is 14.4 Å². The molecule has 0 unspecified atom stereocenters. The summed E-state index contributed by atoms with van der Waals surface area (Å²) in [6, 6.07) is 8.57. The molecule has 9 heteroatoms. The van der Waals surface area contributed by atoms with Crippen molar-refractivity contribution in [2.75, 3.05) is 0 Å². The number of carbonyl (C=O) groups excluding carboxylic acids is 3. The molecule has 9 nitrogen and oxygen atoms in total. The number of para-hydroxylation sites is 1. The normalized spacial score (nSPS) is 12.6. The zero-order valence-electron chi connectivity index (χ0n) is 19.1. The molecule has 3 rings (SSSR count). The summed E-state index contributed by atoms with van der Waals surface area (Å²) in [5.41, 5.74) is 6.70. The predicted molar refractivity (Wildman–Crippen MR) is 122 cm³/mol. The van der Waals surface area contributed by atoms with Gasteiger partial charge in [0.15, 0.2) is 0 Å². The number of fused-ring (bicyclic) bond motifs is 3. The molecule has 4 N–H and O–H groups in total. The number of hydrazine groups is 1. The first-order valence-electron chi connectivity index (χ1n) is 10.4. The van der Waals surface area contributed by atoms with Gasteiger partial charge >= 0.3 is 6.09 Å². The summed E-state index contributed by atoms with van der Waals surface area (Å²) in [5, 5.41) is 4.39. The lowest BCUT2D eigenvalue weighted by Gasteiger charge is -2.25. The molecule has 3 amide bonds. The lowest BCUT2D eigenvalue weighted by atomic mass is 10.0. The number of benzene rings is 1. The number of H-pyrrole nitrogens is 1. The Hall–Kier alpha value is -3.62. The van der Waals surface area contributed by atoms with Gasteiger partial charge in [-0.25, -0.2) is 9.78 Å². The van der Waals surface area contributed by atoms with E-state index in [4.69, 9.17) is 4.74 Å². The van der Waals surface area contributed by atoms with Crippen molar-refractivity contribution in [1.82, 2.24) is 26.1 Å². The average Bonchev–Trinajstić information content (AvgIpc) is 3.08. The number of ether oxygens (including phenoxy) is 1. The average molecular weight is 440 g/mol. The molecule has 0 radical (unpaired) electrons. The standard InChI is InChI=1S/C23H29N5O4/c1-12(2)18(26-22(31)32-23(4,5)6)21(30)28-27-20(29)17-11-15-14-9-7-8-10-16(14)25-19(15)13(3)24-17/h7-12,18,25H,1-6H3,(H,26,31)(H,27,29)(H,28,30)/t18-/m0/s1. The highest BCUT2D eigenvalue weighted by molar-refractivity contribution is 6.10. The maximum Gasteiger partial charge on any atom is 0.408 e. The summed E-state index contributed by atoms with van der Waals surface area (Å²) in [6.07, 6.45) is -0.709. The Balaban J connectivity index is 1.72. The molecule has 0 aliphatic carbocycles. The molecule has 3 aromatic rings. The number of rotatable bonds is 4. The van der Waals surface area contributed by atoms with Crippen LogP contribution in [0.1, 0.15) is 50.8 Å². The summed E-state index contributed by atoms with van der Waals surface area (Å²) < 4.78 is 5.21. The van der Waals surface area contributed by atoms with E-state index in [0.29, 0.717) is 5.69 Å². The van der Waals surface area contributed by atoms with Gasteiger partial charge in [-0.05, 0) is 45.7 Å². The van der Waals surface area contributed by atoms with Crippen molar-refractivity contribution in [2.24, 2.45) is 5.92 Å². The number of aryl methyl sites for hydroxylation is 1. The Morgan fingerprint density at radius 1 is 1.06 bits per heavy atom. The molecule has 0 spiro atoms. The van der Waals surface area contributed by atoms with E-state index in [-0.39, 0.29) is 11.6 Å². The highest BCUT2D eigenvalue weighted by atomic mass is 16.6. The van der Waals surface area contributed by atoms with Crippen LogP contribution in [0.5, 0.6) is 0 Å². The number of hydrogen-bond acceptors (Lipinski definition) is 5. The van der Waals surface area contributed by atoms with Gasteiger partial charge in [-0.2, -0.15) is 0 Å². The summed E-state index contributed by atoms with van der Waals surface area (Å²) in [5.74, 6) is -1.36. The molecule has 170 valence electrons. The van der Waals surface area contributed by atoms with Crippen LogP contribution < -0.4 is 16.2 Å². The van der Waals surface area contributed by atoms with Crippen LogP contribution >= 0.6 is 0 Å². The molecule has 0 aliphatic rings. The number of aromatic nitrogens is 2. The Labute approximate surface area is 186 Å². The number of pyridine rings is 1. The summed E-state index contributed by atoms with van der Waals surface area (Å²) in [4.78, 5) is 45.0. The smallest absolute Gasteiger partial charge is 0.408 e. The second kappa shape index (κ2) is 8.86. The lowest BCUT2D eigenvalue weighted by Crippen LogP contribution is -2.55. The summed E-state index contributed by atoms with van der Waals surface area (Å²) in [7, 11) is 0. The van der Waals surface area contributed by atoms with Crippen molar-refractivity contribution in [3.05, 3.63) is 41.7 Å². The van der Waals surface area contributed by atoms with Gasteiger partial charge in [0.2, 0.25) is 0 Å². The number of nitrogens with one attached hydrogen (secondary N) is 4. The molecule has 2 heterocycles. The number of amides is 3. The molecule has 0 fully saturated rings. The number of hydrogen-bond donors (Lipinski definition) is 4. The minimum absolute atomic E-state index is 0.168. The predicted octanol–water partition coefficient (Wildman–Crippen LogP) is 3.33. The van der Waals surface area contributed by atoms with E-state index in [1.165, 1.54) is 0 Å². The van der Waals surface area contributed by atoms with Gasteiger partial charge in [-0.15, -0.1) is 0 Å². The van der Waals surface area contributed by atoms with E-state index in [0.717, 1.165) is 21.8 Å². The summed E-state index contributed by atoms with van der Waals surface area (Å²) >= 11 is 0. The van der Waals surface area contributed by atoms with Crippen LogP contribution in [0.3, 0.4) is 0 Å². The van der Waals surface area contributed by atoms with Gasteiger partial charge in [0.25, 0.3) is 11.8 Å². The van der Waals surface area contributed by atoms with Crippen LogP contribution in [-0.4, -0.2) is 39.5 Å². The van der Waals surface area contributed by atoms with E-state index in [1.54, 1.807) is 40.7 Å². The van der Waals surface area contributed by atoms with Crippen LogP contribution in [0, 0.1) is 12.8 Å². The Kier molecular flexibility index (Phi) is 6.38. The van der Waals surface area contributed by atoms with Gasteiger partial charge in [0.05, 0.1) is 11.2 Å². The first-order valence-corrected chi connectivity index (χ1v) is 10.4. The molecule has 1 aromatic carbocycles. The molecule has 0 aliphatic heterocycles. The zero-order valence-corrected chi connectivity index (χ0v) is 19.1. The second-order valence-electron chi connectivity index (χ2n) is 9.00. The Morgan fingerprint density at radius 3 is 2.41 bits per heavy atom. The van der Waals surface area contributed by atoms with Crippen LogP contribution in [-0.2, 0) is 9.53 Å². The van der Waals surface area contributed by atoms with Gasteiger partial charge in [-0.1, -0.05) is 32.0 Å². The number of alkyl carbamates (subject to hydrolysis) is 1. The summed E-state index contributed by atoms with van der Waals surface area (Å²) in [6.45, 7) is 10.6. The molecular formula is C23H29N5O4. The van der Waals surface area contributed by atoms with Crippen LogP contribution in [0.25, 0.3) is 21.8 Å². The van der Waals surface area contributed by atoms with Gasteiger partial charge in [0.1, 0.15) is 17.3 Å². The maximum atomic E-state index is 12.7. The van der Waals surface area contributed by atoms with Crippen molar-refractivity contribution >= 4 is 39.7 Å². The Morgan fingerprint density at radius 2 is 1.75 bits per heavy atom. The fourth-order valence-electron chi connectivity index (χ4n) is 3.35. The van der Waals surface area contributed by atoms with Gasteiger partial charge < -0.3 is 15.0 Å². The molecule has 0 saturated carbocycles. The second-order valence-corrected chi connectivity index (χ2v) is 9.00.